The van der Waals surface area contributed by atoms with Gasteiger partial charge in [0.1, 0.15) is 0 Å². The van der Waals surface area contributed by atoms with Gasteiger partial charge < -0.3 is 10.2 Å². The van der Waals surface area contributed by atoms with Crippen molar-refractivity contribution in [3.05, 3.63) is 245 Å². The van der Waals surface area contributed by atoms with Gasteiger partial charge in [-0.05, 0) is 80.9 Å². The Labute approximate surface area is 346 Å². The van der Waals surface area contributed by atoms with Crippen LogP contribution in [0.3, 0.4) is 0 Å². The predicted molar refractivity (Wildman–Crippen MR) is 248 cm³/mol. The highest BCUT2D eigenvalue weighted by Gasteiger charge is 2.36. The minimum absolute atomic E-state index is 0.163. The monoisotopic (exact) mass is 757 g/mol. The molecule has 0 unspecified atom stereocenters. The third kappa shape index (κ3) is 6.38. The first-order valence-corrected chi connectivity index (χ1v) is 20.3. The third-order valence-electron chi connectivity index (χ3n) is 11.9. The molecule has 8 aromatic carbocycles. The van der Waals surface area contributed by atoms with Crippen LogP contribution < -0.4 is 10.2 Å². The molecule has 2 aliphatic rings. The number of rotatable bonds is 8. The van der Waals surface area contributed by atoms with Crippen LogP contribution in [0.4, 0.5) is 17.1 Å². The summed E-state index contributed by atoms with van der Waals surface area (Å²) in [5.41, 5.74) is 18.8. The molecule has 0 amide bonds. The lowest BCUT2D eigenvalue weighted by Crippen LogP contribution is -2.21. The summed E-state index contributed by atoms with van der Waals surface area (Å²) in [6.45, 7) is 4.68. The lowest BCUT2D eigenvalue weighted by atomic mass is 9.82. The Balaban J connectivity index is 1.24. The number of allylic oxidation sites excluding steroid dienone is 1. The molecule has 0 spiro atoms. The van der Waals surface area contributed by atoms with Crippen molar-refractivity contribution < 1.29 is 0 Å². The van der Waals surface area contributed by atoms with Gasteiger partial charge in [0.2, 0.25) is 0 Å². The molecule has 10 rings (SSSR count). The van der Waals surface area contributed by atoms with Gasteiger partial charge in [-0.2, -0.15) is 0 Å². The van der Waals surface area contributed by atoms with Crippen LogP contribution in [0.15, 0.2) is 206 Å². The van der Waals surface area contributed by atoms with Crippen LogP contribution in [-0.2, 0) is 5.41 Å². The minimum Gasteiger partial charge on any atom is -0.354 e. The second-order valence-corrected chi connectivity index (χ2v) is 15.8. The van der Waals surface area contributed by atoms with Crippen molar-refractivity contribution in [2.45, 2.75) is 19.3 Å². The number of hydrogen-bond acceptors (Lipinski definition) is 3. The molecule has 0 saturated heterocycles. The molecule has 1 aliphatic heterocycles. The van der Waals surface area contributed by atoms with Crippen LogP contribution in [0.25, 0.3) is 45.3 Å². The van der Waals surface area contributed by atoms with Gasteiger partial charge in [0.15, 0.2) is 0 Å². The Hall–Kier alpha value is -7.49. The molecule has 1 heterocycles. The second-order valence-electron chi connectivity index (χ2n) is 15.8. The van der Waals surface area contributed by atoms with Crippen molar-refractivity contribution >= 4 is 45.8 Å². The number of hydrogen-bond donors (Lipinski definition) is 2. The highest BCUT2D eigenvalue weighted by atomic mass is 15.1. The van der Waals surface area contributed by atoms with E-state index < -0.39 is 0 Å². The van der Waals surface area contributed by atoms with Gasteiger partial charge in [-0.1, -0.05) is 190 Å². The lowest BCUT2D eigenvalue weighted by molar-refractivity contribution is 0.660. The van der Waals surface area contributed by atoms with Gasteiger partial charge in [0.05, 0.1) is 17.1 Å². The van der Waals surface area contributed by atoms with Crippen LogP contribution >= 0.6 is 0 Å². The SMILES string of the molecule is CC1(C)c2ccccc2-c2ccc(N(c3ccc4c(c3)/C(=C(/C(=N)c3ccccc3)c3ccccc3)NC(c3ccccc3)=C4)c3ccccc3-c3ccccc3)cc21. The summed E-state index contributed by atoms with van der Waals surface area (Å²) in [5, 5.41) is 13.7. The van der Waals surface area contributed by atoms with E-state index in [9.17, 15) is 5.41 Å². The summed E-state index contributed by atoms with van der Waals surface area (Å²) in [4.78, 5) is 2.42. The Morgan fingerprint density at radius 3 is 1.73 bits per heavy atom. The van der Waals surface area contributed by atoms with Gasteiger partial charge in [0, 0.05) is 44.8 Å². The van der Waals surface area contributed by atoms with Crippen molar-refractivity contribution in [3.8, 4) is 22.3 Å². The standard InChI is InChI=1S/C56H43N3/c1-56(2)49-29-17-15-28-46(49)47-34-33-44(37-50(47)56)59(52-30-18-16-27-45(52)38-19-7-3-8-20-38)43-32-31-42-35-51(39-21-9-4-10-22-39)58-55(48(42)36-43)53(40-23-11-5-12-24-40)54(57)41-25-13-6-14-26-41/h3-37,57-58H,1-2H3/b55-53-,57-54?. The molecule has 0 aromatic heterocycles. The van der Waals surface area contributed by atoms with Crippen LogP contribution in [0.1, 0.15) is 52.8 Å². The second kappa shape index (κ2) is 14.8. The summed E-state index contributed by atoms with van der Waals surface area (Å²) >= 11 is 0. The van der Waals surface area contributed by atoms with E-state index in [2.05, 4.69) is 194 Å². The lowest BCUT2D eigenvalue weighted by Gasteiger charge is -2.32. The van der Waals surface area contributed by atoms with E-state index in [0.717, 1.165) is 73.0 Å². The molecule has 0 saturated carbocycles. The zero-order valence-corrected chi connectivity index (χ0v) is 33.2. The topological polar surface area (TPSA) is 39.1 Å². The number of benzene rings is 8. The maximum atomic E-state index is 9.84. The minimum atomic E-state index is -0.163. The summed E-state index contributed by atoms with van der Waals surface area (Å²) < 4.78 is 0. The van der Waals surface area contributed by atoms with Crippen LogP contribution in [0.5, 0.6) is 0 Å². The first kappa shape index (κ1) is 35.9. The Morgan fingerprint density at radius 2 is 1.02 bits per heavy atom. The Kier molecular flexibility index (Phi) is 8.99. The molecule has 3 nitrogen and oxygen atoms in total. The van der Waals surface area contributed by atoms with Gasteiger partial charge >= 0.3 is 0 Å². The van der Waals surface area contributed by atoms with Crippen LogP contribution in [0, 0.1) is 5.41 Å². The summed E-state index contributed by atoms with van der Waals surface area (Å²) in [6.07, 6.45) is 2.24. The fraction of sp³-hybridized carbons (Fsp3) is 0.0536. The third-order valence-corrected chi connectivity index (χ3v) is 11.9. The van der Waals surface area contributed by atoms with Gasteiger partial charge in [0.25, 0.3) is 0 Å². The van der Waals surface area contributed by atoms with Crippen LogP contribution in [-0.4, -0.2) is 5.71 Å². The molecular weight excluding hydrogens is 715 g/mol. The maximum absolute atomic E-state index is 9.84. The highest BCUT2D eigenvalue weighted by Crippen LogP contribution is 2.51. The summed E-state index contributed by atoms with van der Waals surface area (Å²) in [7, 11) is 0. The number of para-hydroxylation sites is 1. The normalized spacial score (nSPS) is 14.2. The highest BCUT2D eigenvalue weighted by molar-refractivity contribution is 6.36. The van der Waals surface area contributed by atoms with Gasteiger partial charge in [-0.15, -0.1) is 0 Å². The molecule has 59 heavy (non-hydrogen) atoms. The smallest absolute Gasteiger partial charge is 0.0711 e. The van der Waals surface area contributed by atoms with Crippen molar-refractivity contribution in [2.24, 2.45) is 0 Å². The molecule has 0 radical (unpaired) electrons. The number of nitrogens with zero attached hydrogens (tertiary/aromatic N) is 1. The molecule has 0 fully saturated rings. The molecule has 1 aliphatic carbocycles. The van der Waals surface area contributed by atoms with Crippen molar-refractivity contribution in [1.29, 1.82) is 5.41 Å². The fourth-order valence-corrected chi connectivity index (χ4v) is 8.95. The number of nitrogens with one attached hydrogen (secondary N) is 2. The van der Waals surface area contributed by atoms with Crippen molar-refractivity contribution in [1.82, 2.24) is 5.32 Å². The maximum Gasteiger partial charge on any atom is 0.0711 e. The number of anilines is 3. The zero-order chi connectivity index (χ0) is 39.9. The molecule has 2 N–H and O–H groups in total. The Bertz CT molecular complexity index is 2920. The van der Waals surface area contributed by atoms with E-state index in [1.165, 1.54) is 22.3 Å². The largest absolute Gasteiger partial charge is 0.354 e. The molecule has 8 aromatic rings. The fourth-order valence-electron chi connectivity index (χ4n) is 8.95. The van der Waals surface area contributed by atoms with Gasteiger partial charge in [-0.3, -0.25) is 5.41 Å². The average Bonchev–Trinajstić information content (AvgIpc) is 3.53. The molecule has 282 valence electrons. The van der Waals surface area contributed by atoms with E-state index in [-0.39, 0.29) is 5.41 Å². The van der Waals surface area contributed by atoms with Gasteiger partial charge in [-0.25, -0.2) is 0 Å². The van der Waals surface area contributed by atoms with Crippen molar-refractivity contribution in [3.63, 3.8) is 0 Å². The van der Waals surface area contributed by atoms with E-state index in [4.69, 9.17) is 0 Å². The van der Waals surface area contributed by atoms with E-state index in [1.807, 2.05) is 42.5 Å². The quantitative estimate of drug-likeness (QED) is 0.152. The van der Waals surface area contributed by atoms with Crippen molar-refractivity contribution in [2.75, 3.05) is 4.90 Å². The van der Waals surface area contributed by atoms with E-state index in [0.29, 0.717) is 5.71 Å². The Morgan fingerprint density at radius 1 is 0.475 bits per heavy atom. The molecule has 3 heteroatoms. The van der Waals surface area contributed by atoms with Crippen LogP contribution in [0.2, 0.25) is 0 Å². The average molecular weight is 758 g/mol. The summed E-state index contributed by atoms with van der Waals surface area (Å²) in [6, 6.07) is 72.9. The molecule has 0 bridgehead atoms. The first-order chi connectivity index (χ1) is 29.0. The zero-order valence-electron chi connectivity index (χ0n) is 33.2. The predicted octanol–water partition coefficient (Wildman–Crippen LogP) is 14.2. The van der Waals surface area contributed by atoms with E-state index >= 15 is 0 Å². The first-order valence-electron chi connectivity index (χ1n) is 20.3. The summed E-state index contributed by atoms with van der Waals surface area (Å²) in [5.74, 6) is 0. The molecule has 0 atom stereocenters. The van der Waals surface area contributed by atoms with E-state index in [1.54, 1.807) is 0 Å². The molecular formula is C56H43N3. The number of fused-ring (bicyclic) bond motifs is 4.